The SMILES string of the molecule is CCNC(CCCC(F)(F)F)CSc1ccccc1Cl. The number of rotatable bonds is 8. The summed E-state index contributed by atoms with van der Waals surface area (Å²) in [5.74, 6) is 0.718. The highest BCUT2D eigenvalue weighted by atomic mass is 35.5. The van der Waals surface area contributed by atoms with E-state index in [4.69, 9.17) is 11.6 Å². The van der Waals surface area contributed by atoms with Crippen molar-refractivity contribution >= 4 is 23.4 Å². The molecule has 1 atom stereocenters. The van der Waals surface area contributed by atoms with E-state index in [9.17, 15) is 13.2 Å². The van der Waals surface area contributed by atoms with Crippen LogP contribution in [0.25, 0.3) is 0 Å². The lowest BCUT2D eigenvalue weighted by atomic mass is 10.1. The topological polar surface area (TPSA) is 12.0 Å². The van der Waals surface area contributed by atoms with Crippen LogP contribution in [0, 0.1) is 0 Å². The minimum absolute atomic E-state index is 0.0728. The molecule has 0 radical (unpaired) electrons. The number of alkyl halides is 3. The molecule has 6 heteroatoms. The zero-order valence-corrected chi connectivity index (χ0v) is 12.9. The van der Waals surface area contributed by atoms with Crippen molar-refractivity contribution in [2.45, 2.75) is 43.3 Å². The third-order valence-electron chi connectivity index (χ3n) is 2.78. The van der Waals surface area contributed by atoms with E-state index >= 15 is 0 Å². The van der Waals surface area contributed by atoms with Crippen molar-refractivity contribution in [3.63, 3.8) is 0 Å². The first-order chi connectivity index (χ1) is 9.42. The predicted octanol–water partition coefficient (Wildman–Crippen LogP) is 5.14. The van der Waals surface area contributed by atoms with Crippen molar-refractivity contribution in [2.24, 2.45) is 0 Å². The van der Waals surface area contributed by atoms with E-state index < -0.39 is 12.6 Å². The normalized spacial score (nSPS) is 13.4. The number of thioether (sulfide) groups is 1. The van der Waals surface area contributed by atoms with Gasteiger partial charge in [0, 0.05) is 23.1 Å². The standard InChI is InChI=1S/C14H19ClF3NS/c1-2-19-11(6-5-9-14(16,17)18)10-20-13-8-4-3-7-12(13)15/h3-4,7-8,11,19H,2,5-6,9-10H2,1H3. The monoisotopic (exact) mass is 325 g/mol. The first-order valence-electron chi connectivity index (χ1n) is 6.60. The van der Waals surface area contributed by atoms with Gasteiger partial charge in [-0.3, -0.25) is 0 Å². The maximum Gasteiger partial charge on any atom is 0.389 e. The van der Waals surface area contributed by atoms with Gasteiger partial charge in [0.15, 0.2) is 0 Å². The van der Waals surface area contributed by atoms with Crippen molar-refractivity contribution < 1.29 is 13.2 Å². The van der Waals surface area contributed by atoms with Gasteiger partial charge in [0.1, 0.15) is 0 Å². The Balaban J connectivity index is 2.41. The van der Waals surface area contributed by atoms with Crippen LogP contribution in [0.15, 0.2) is 29.2 Å². The summed E-state index contributed by atoms with van der Waals surface area (Å²) in [4.78, 5) is 0.966. The van der Waals surface area contributed by atoms with Crippen LogP contribution in [0.4, 0.5) is 13.2 Å². The third-order valence-corrected chi connectivity index (χ3v) is 4.46. The molecule has 0 spiro atoms. The molecule has 0 aliphatic heterocycles. The molecule has 0 aliphatic carbocycles. The van der Waals surface area contributed by atoms with Crippen molar-refractivity contribution in [1.29, 1.82) is 0 Å². The maximum atomic E-state index is 12.2. The van der Waals surface area contributed by atoms with E-state index in [0.29, 0.717) is 11.4 Å². The Kier molecular flexibility index (Phi) is 7.77. The van der Waals surface area contributed by atoms with Crippen molar-refractivity contribution in [3.8, 4) is 0 Å². The Morgan fingerprint density at radius 3 is 2.60 bits per heavy atom. The molecular weight excluding hydrogens is 307 g/mol. The van der Waals surface area contributed by atoms with Crippen molar-refractivity contribution in [2.75, 3.05) is 12.3 Å². The van der Waals surface area contributed by atoms with Gasteiger partial charge in [0.2, 0.25) is 0 Å². The Labute approximate surface area is 127 Å². The first kappa shape index (κ1) is 17.7. The predicted molar refractivity (Wildman–Crippen MR) is 79.5 cm³/mol. The molecular formula is C14H19ClF3NS. The van der Waals surface area contributed by atoms with E-state index in [0.717, 1.165) is 17.2 Å². The molecule has 20 heavy (non-hydrogen) atoms. The second-order valence-corrected chi connectivity index (χ2v) is 5.97. The quantitative estimate of drug-likeness (QED) is 0.664. The zero-order chi connectivity index (χ0) is 15.0. The summed E-state index contributed by atoms with van der Waals surface area (Å²) in [6, 6.07) is 7.57. The lowest BCUT2D eigenvalue weighted by Crippen LogP contribution is -2.31. The highest BCUT2D eigenvalue weighted by Crippen LogP contribution is 2.28. The fraction of sp³-hybridized carbons (Fsp3) is 0.571. The van der Waals surface area contributed by atoms with Crippen LogP contribution < -0.4 is 5.32 Å². The van der Waals surface area contributed by atoms with E-state index in [1.54, 1.807) is 11.8 Å². The van der Waals surface area contributed by atoms with Crippen LogP contribution in [0.2, 0.25) is 5.02 Å². The number of hydrogen-bond acceptors (Lipinski definition) is 2. The van der Waals surface area contributed by atoms with E-state index in [1.807, 2.05) is 31.2 Å². The average Bonchev–Trinajstić information content (AvgIpc) is 2.36. The molecule has 114 valence electrons. The summed E-state index contributed by atoms with van der Waals surface area (Å²) in [7, 11) is 0. The molecule has 1 nitrogen and oxygen atoms in total. The summed E-state index contributed by atoms with van der Waals surface area (Å²) in [6.07, 6.45) is -4.10. The average molecular weight is 326 g/mol. The summed E-state index contributed by atoms with van der Waals surface area (Å²) < 4.78 is 36.5. The van der Waals surface area contributed by atoms with Gasteiger partial charge in [-0.05, 0) is 31.5 Å². The Bertz CT molecular complexity index is 398. The molecule has 0 saturated heterocycles. The van der Waals surface area contributed by atoms with Crippen molar-refractivity contribution in [1.82, 2.24) is 5.32 Å². The molecule has 0 bridgehead atoms. The first-order valence-corrected chi connectivity index (χ1v) is 7.96. The van der Waals surface area contributed by atoms with E-state index in [-0.39, 0.29) is 12.5 Å². The van der Waals surface area contributed by atoms with Gasteiger partial charge < -0.3 is 5.32 Å². The Morgan fingerprint density at radius 1 is 1.30 bits per heavy atom. The number of hydrogen-bond donors (Lipinski definition) is 1. The fourth-order valence-electron chi connectivity index (χ4n) is 1.83. The van der Waals surface area contributed by atoms with Gasteiger partial charge >= 0.3 is 6.18 Å². The zero-order valence-electron chi connectivity index (χ0n) is 11.3. The molecule has 0 amide bonds. The molecule has 0 heterocycles. The lowest BCUT2D eigenvalue weighted by molar-refractivity contribution is -0.135. The van der Waals surface area contributed by atoms with Gasteiger partial charge in [-0.2, -0.15) is 13.2 Å². The highest BCUT2D eigenvalue weighted by Gasteiger charge is 2.26. The lowest BCUT2D eigenvalue weighted by Gasteiger charge is -2.18. The van der Waals surface area contributed by atoms with E-state index in [1.165, 1.54) is 0 Å². The van der Waals surface area contributed by atoms with Gasteiger partial charge in [-0.1, -0.05) is 30.7 Å². The highest BCUT2D eigenvalue weighted by molar-refractivity contribution is 7.99. The summed E-state index contributed by atoms with van der Waals surface area (Å²) in [6.45, 7) is 2.71. The summed E-state index contributed by atoms with van der Waals surface area (Å²) >= 11 is 7.64. The molecule has 1 aromatic carbocycles. The largest absolute Gasteiger partial charge is 0.389 e. The molecule has 1 rings (SSSR count). The van der Waals surface area contributed by atoms with Gasteiger partial charge in [0.05, 0.1) is 5.02 Å². The molecule has 0 saturated carbocycles. The van der Waals surface area contributed by atoms with E-state index in [2.05, 4.69) is 5.32 Å². The number of benzene rings is 1. The maximum absolute atomic E-state index is 12.2. The Hall–Kier alpha value is -0.390. The smallest absolute Gasteiger partial charge is 0.313 e. The number of nitrogens with one attached hydrogen (secondary N) is 1. The molecule has 0 aliphatic rings. The van der Waals surface area contributed by atoms with Crippen LogP contribution in [-0.2, 0) is 0 Å². The molecule has 1 unspecified atom stereocenters. The molecule has 1 aromatic rings. The van der Waals surface area contributed by atoms with Gasteiger partial charge in [0.25, 0.3) is 0 Å². The van der Waals surface area contributed by atoms with Crippen LogP contribution in [0.3, 0.4) is 0 Å². The van der Waals surface area contributed by atoms with Crippen LogP contribution in [0.1, 0.15) is 26.2 Å². The van der Waals surface area contributed by atoms with Crippen LogP contribution in [0.5, 0.6) is 0 Å². The van der Waals surface area contributed by atoms with Crippen molar-refractivity contribution in [3.05, 3.63) is 29.3 Å². The van der Waals surface area contributed by atoms with Crippen LogP contribution >= 0.6 is 23.4 Å². The number of halogens is 4. The third kappa shape index (κ3) is 7.41. The minimum Gasteiger partial charge on any atom is -0.313 e. The van der Waals surface area contributed by atoms with Gasteiger partial charge in [-0.25, -0.2) is 0 Å². The molecule has 1 N–H and O–H groups in total. The summed E-state index contributed by atoms with van der Waals surface area (Å²) in [5, 5.41) is 3.91. The molecule has 0 aromatic heterocycles. The summed E-state index contributed by atoms with van der Waals surface area (Å²) in [5.41, 5.74) is 0. The Morgan fingerprint density at radius 2 is 2.00 bits per heavy atom. The van der Waals surface area contributed by atoms with Crippen LogP contribution in [-0.4, -0.2) is 24.5 Å². The fourth-order valence-corrected chi connectivity index (χ4v) is 3.18. The molecule has 0 fully saturated rings. The minimum atomic E-state index is -4.06. The van der Waals surface area contributed by atoms with Gasteiger partial charge in [-0.15, -0.1) is 11.8 Å². The second-order valence-electron chi connectivity index (χ2n) is 4.50. The second kappa shape index (κ2) is 8.80.